The second-order valence-electron chi connectivity index (χ2n) is 2.83. The lowest BCUT2D eigenvalue weighted by atomic mass is 10.1. The van der Waals surface area contributed by atoms with Crippen molar-refractivity contribution in [3.63, 3.8) is 0 Å². The predicted molar refractivity (Wildman–Crippen MR) is 60.0 cm³/mol. The summed E-state index contributed by atoms with van der Waals surface area (Å²) >= 11 is 1.49. The van der Waals surface area contributed by atoms with Gasteiger partial charge in [-0.25, -0.2) is 4.98 Å². The van der Waals surface area contributed by atoms with Crippen LogP contribution in [0.5, 0.6) is 0 Å². The Kier molecular flexibility index (Phi) is 2.57. The molecule has 0 unspecified atom stereocenters. The molecule has 0 bridgehead atoms. The van der Waals surface area contributed by atoms with Crippen LogP contribution in [0.4, 0.5) is 0 Å². The van der Waals surface area contributed by atoms with Gasteiger partial charge in [0.25, 0.3) is 0 Å². The standard InChI is InChI=1S/C11H7N3S/c1-8(7-12)9-3-2-4-13-10(9)11-14-5-6-15-11/h2-6H,1H2. The van der Waals surface area contributed by atoms with Crippen molar-refractivity contribution in [1.29, 1.82) is 5.26 Å². The van der Waals surface area contributed by atoms with Gasteiger partial charge in [-0.05, 0) is 12.1 Å². The zero-order chi connectivity index (χ0) is 10.7. The normalized spacial score (nSPS) is 9.53. The van der Waals surface area contributed by atoms with E-state index in [4.69, 9.17) is 5.26 Å². The Balaban J connectivity index is 2.58. The summed E-state index contributed by atoms with van der Waals surface area (Å²) in [7, 11) is 0. The SMILES string of the molecule is C=C(C#N)c1cccnc1-c1nccs1. The van der Waals surface area contributed by atoms with E-state index in [1.165, 1.54) is 11.3 Å². The molecule has 3 nitrogen and oxygen atoms in total. The van der Waals surface area contributed by atoms with Gasteiger partial charge in [0, 0.05) is 23.3 Å². The van der Waals surface area contributed by atoms with Crippen LogP contribution in [-0.2, 0) is 0 Å². The van der Waals surface area contributed by atoms with Gasteiger partial charge in [0.05, 0.1) is 11.6 Å². The number of nitriles is 1. The molecular formula is C11H7N3S. The number of pyridine rings is 1. The van der Waals surface area contributed by atoms with E-state index in [1.54, 1.807) is 18.5 Å². The minimum Gasteiger partial charge on any atom is -0.253 e. The van der Waals surface area contributed by atoms with Crippen LogP contribution in [-0.4, -0.2) is 9.97 Å². The van der Waals surface area contributed by atoms with Crippen LogP contribution >= 0.6 is 11.3 Å². The Morgan fingerprint density at radius 1 is 1.40 bits per heavy atom. The van der Waals surface area contributed by atoms with Gasteiger partial charge in [-0.3, -0.25) is 4.98 Å². The number of rotatable bonds is 2. The molecule has 4 heteroatoms. The molecule has 0 saturated heterocycles. The minimum atomic E-state index is 0.410. The molecule has 0 fully saturated rings. The van der Waals surface area contributed by atoms with E-state index in [1.807, 2.05) is 17.5 Å². The van der Waals surface area contributed by atoms with Gasteiger partial charge in [-0.2, -0.15) is 5.26 Å². The van der Waals surface area contributed by atoms with E-state index in [0.717, 1.165) is 16.3 Å². The summed E-state index contributed by atoms with van der Waals surface area (Å²) in [5.41, 5.74) is 1.88. The summed E-state index contributed by atoms with van der Waals surface area (Å²) in [4.78, 5) is 8.40. The lowest BCUT2D eigenvalue weighted by Crippen LogP contribution is -1.89. The maximum atomic E-state index is 8.82. The third-order valence-electron chi connectivity index (χ3n) is 1.90. The summed E-state index contributed by atoms with van der Waals surface area (Å²) in [6.07, 6.45) is 3.40. The molecule has 0 spiro atoms. The Labute approximate surface area is 91.4 Å². The molecule has 0 radical (unpaired) electrons. The van der Waals surface area contributed by atoms with Crippen LogP contribution in [0.25, 0.3) is 16.3 Å². The van der Waals surface area contributed by atoms with Crippen LogP contribution in [0.1, 0.15) is 5.56 Å². The Hall–Kier alpha value is -1.99. The average Bonchev–Trinajstić information content (AvgIpc) is 2.81. The van der Waals surface area contributed by atoms with E-state index in [9.17, 15) is 0 Å². The van der Waals surface area contributed by atoms with Crippen LogP contribution in [0.3, 0.4) is 0 Å². The van der Waals surface area contributed by atoms with Crippen LogP contribution in [0.15, 0.2) is 36.5 Å². The predicted octanol–water partition coefficient (Wildman–Crippen LogP) is 2.74. The molecule has 2 rings (SSSR count). The summed E-state index contributed by atoms with van der Waals surface area (Å²) < 4.78 is 0. The van der Waals surface area contributed by atoms with Crippen molar-refractivity contribution in [2.75, 3.05) is 0 Å². The van der Waals surface area contributed by atoms with E-state index >= 15 is 0 Å². The molecule has 15 heavy (non-hydrogen) atoms. The molecule has 72 valence electrons. The highest BCUT2D eigenvalue weighted by Gasteiger charge is 2.10. The van der Waals surface area contributed by atoms with Crippen molar-refractivity contribution in [1.82, 2.24) is 9.97 Å². The van der Waals surface area contributed by atoms with E-state index in [-0.39, 0.29) is 0 Å². The second kappa shape index (κ2) is 4.03. The summed E-state index contributed by atoms with van der Waals surface area (Å²) in [5, 5.41) is 11.5. The molecule has 0 N–H and O–H groups in total. The minimum absolute atomic E-state index is 0.410. The van der Waals surface area contributed by atoms with Crippen LogP contribution < -0.4 is 0 Å². The smallest absolute Gasteiger partial charge is 0.142 e. The third kappa shape index (κ3) is 1.78. The first-order chi connectivity index (χ1) is 7.33. The van der Waals surface area contributed by atoms with Crippen molar-refractivity contribution < 1.29 is 0 Å². The van der Waals surface area contributed by atoms with Crippen molar-refractivity contribution in [3.05, 3.63) is 42.0 Å². The van der Waals surface area contributed by atoms with Crippen molar-refractivity contribution in [3.8, 4) is 16.8 Å². The fraction of sp³-hybridized carbons (Fsp3) is 0. The summed E-state index contributed by atoms with van der Waals surface area (Å²) in [6.45, 7) is 3.69. The maximum absolute atomic E-state index is 8.82. The molecule has 0 aliphatic carbocycles. The average molecular weight is 213 g/mol. The van der Waals surface area contributed by atoms with Gasteiger partial charge in [-0.15, -0.1) is 11.3 Å². The van der Waals surface area contributed by atoms with E-state index in [2.05, 4.69) is 16.5 Å². The maximum Gasteiger partial charge on any atom is 0.142 e. The zero-order valence-corrected chi connectivity index (χ0v) is 8.66. The highest BCUT2D eigenvalue weighted by atomic mass is 32.1. The Morgan fingerprint density at radius 2 is 2.27 bits per heavy atom. The summed E-state index contributed by atoms with van der Waals surface area (Å²) in [5.74, 6) is 0. The quantitative estimate of drug-likeness (QED) is 0.721. The number of aromatic nitrogens is 2. The summed E-state index contributed by atoms with van der Waals surface area (Å²) in [6, 6.07) is 5.64. The van der Waals surface area contributed by atoms with Gasteiger partial charge in [0.15, 0.2) is 0 Å². The molecule has 0 aromatic carbocycles. The monoisotopic (exact) mass is 213 g/mol. The Bertz CT molecular complexity index is 523. The largest absolute Gasteiger partial charge is 0.253 e. The van der Waals surface area contributed by atoms with Crippen molar-refractivity contribution >= 4 is 16.9 Å². The molecule has 2 aromatic rings. The van der Waals surface area contributed by atoms with Gasteiger partial charge < -0.3 is 0 Å². The van der Waals surface area contributed by atoms with Crippen LogP contribution in [0, 0.1) is 11.3 Å². The molecule has 0 atom stereocenters. The van der Waals surface area contributed by atoms with Crippen LogP contribution in [0.2, 0.25) is 0 Å². The van der Waals surface area contributed by atoms with Crippen molar-refractivity contribution in [2.24, 2.45) is 0 Å². The molecule has 0 aliphatic rings. The third-order valence-corrected chi connectivity index (χ3v) is 2.68. The van der Waals surface area contributed by atoms with Gasteiger partial charge >= 0.3 is 0 Å². The molecule has 0 saturated carbocycles. The molecule has 0 aliphatic heterocycles. The first-order valence-corrected chi connectivity index (χ1v) is 5.15. The Morgan fingerprint density at radius 3 is 2.93 bits per heavy atom. The molecule has 0 amide bonds. The van der Waals surface area contributed by atoms with Gasteiger partial charge in [-0.1, -0.05) is 6.58 Å². The zero-order valence-electron chi connectivity index (χ0n) is 7.84. The number of hydrogen-bond acceptors (Lipinski definition) is 4. The fourth-order valence-electron chi connectivity index (χ4n) is 1.22. The molecular weight excluding hydrogens is 206 g/mol. The van der Waals surface area contributed by atoms with Gasteiger partial charge in [0.1, 0.15) is 10.7 Å². The highest BCUT2D eigenvalue weighted by molar-refractivity contribution is 7.13. The number of hydrogen-bond donors (Lipinski definition) is 0. The topological polar surface area (TPSA) is 49.6 Å². The van der Waals surface area contributed by atoms with Crippen molar-refractivity contribution in [2.45, 2.75) is 0 Å². The number of allylic oxidation sites excluding steroid dienone is 1. The fourth-order valence-corrected chi connectivity index (χ4v) is 1.87. The second-order valence-corrected chi connectivity index (χ2v) is 3.72. The molecule has 2 aromatic heterocycles. The van der Waals surface area contributed by atoms with E-state index < -0.39 is 0 Å². The van der Waals surface area contributed by atoms with Gasteiger partial charge in [0.2, 0.25) is 0 Å². The number of thiazole rings is 1. The highest BCUT2D eigenvalue weighted by Crippen LogP contribution is 2.26. The molecule has 2 heterocycles. The first-order valence-electron chi connectivity index (χ1n) is 4.27. The lowest BCUT2D eigenvalue weighted by Gasteiger charge is -2.02. The van der Waals surface area contributed by atoms with E-state index in [0.29, 0.717) is 5.57 Å². The lowest BCUT2D eigenvalue weighted by molar-refractivity contribution is 1.28. The number of nitrogens with zero attached hydrogens (tertiary/aromatic N) is 3. The first kappa shape index (κ1) is 9.56.